The topological polar surface area (TPSA) is 64.2 Å². The van der Waals surface area contributed by atoms with Gasteiger partial charge in [0.25, 0.3) is 5.56 Å². The van der Waals surface area contributed by atoms with Crippen molar-refractivity contribution in [3.05, 3.63) is 74.4 Å². The molecule has 0 aliphatic heterocycles. The third kappa shape index (κ3) is 4.67. The van der Waals surface area contributed by atoms with Crippen LogP contribution in [0.5, 0.6) is 11.5 Å². The number of thiophene rings is 1. The minimum Gasteiger partial charge on any atom is -0.490 e. The zero-order valence-electron chi connectivity index (χ0n) is 19.1. The molecule has 0 saturated heterocycles. The van der Waals surface area contributed by atoms with Crippen LogP contribution >= 0.6 is 11.3 Å². The quantitative estimate of drug-likeness (QED) is 0.351. The summed E-state index contributed by atoms with van der Waals surface area (Å²) in [4.78, 5) is 22.7. The Balaban J connectivity index is 1.24. The Labute approximate surface area is 197 Å². The predicted octanol–water partition coefficient (Wildman–Crippen LogP) is 5.86. The molecule has 170 valence electrons. The molecule has 5 nitrogen and oxygen atoms in total. The fourth-order valence-electron chi connectivity index (χ4n) is 4.44. The zero-order chi connectivity index (χ0) is 22.8. The molecular formula is C27H28N2O3S. The molecule has 0 amide bonds. The second kappa shape index (κ2) is 9.40. The number of nitrogens with one attached hydrogen (secondary N) is 1. The summed E-state index contributed by atoms with van der Waals surface area (Å²) in [5.41, 5.74) is 4.52. The highest BCUT2D eigenvalue weighted by Gasteiger charge is 2.20. The fraction of sp³-hybridized carbons (Fsp3) is 0.333. The highest BCUT2D eigenvalue weighted by molar-refractivity contribution is 7.18. The van der Waals surface area contributed by atoms with Gasteiger partial charge in [0.15, 0.2) is 0 Å². The fourth-order valence-corrected chi connectivity index (χ4v) is 5.70. The van der Waals surface area contributed by atoms with E-state index in [0.717, 1.165) is 53.0 Å². The van der Waals surface area contributed by atoms with Gasteiger partial charge in [-0.1, -0.05) is 13.0 Å². The molecule has 0 fully saturated rings. The normalized spacial score (nSPS) is 13.2. The molecule has 5 rings (SSSR count). The van der Waals surface area contributed by atoms with Crippen LogP contribution in [0.1, 0.15) is 41.3 Å². The second-order valence-electron chi connectivity index (χ2n) is 8.53. The van der Waals surface area contributed by atoms with E-state index in [2.05, 4.69) is 31.0 Å². The predicted molar refractivity (Wildman–Crippen MR) is 134 cm³/mol. The number of aromatic nitrogens is 2. The molecule has 0 radical (unpaired) electrons. The monoisotopic (exact) mass is 460 g/mol. The van der Waals surface area contributed by atoms with Gasteiger partial charge in [0.2, 0.25) is 0 Å². The maximum absolute atomic E-state index is 12.8. The third-order valence-electron chi connectivity index (χ3n) is 6.09. The van der Waals surface area contributed by atoms with Gasteiger partial charge < -0.3 is 14.5 Å². The summed E-state index contributed by atoms with van der Waals surface area (Å²) in [5.74, 6) is 2.24. The molecule has 1 aliphatic carbocycles. The number of benzene rings is 2. The van der Waals surface area contributed by atoms with Gasteiger partial charge in [-0.2, -0.15) is 0 Å². The van der Waals surface area contributed by atoms with E-state index in [0.29, 0.717) is 19.0 Å². The molecule has 2 aromatic carbocycles. The molecule has 2 aromatic heterocycles. The molecule has 0 saturated carbocycles. The number of rotatable bonds is 7. The first kappa shape index (κ1) is 21.7. The van der Waals surface area contributed by atoms with Crippen LogP contribution in [0.25, 0.3) is 21.6 Å². The van der Waals surface area contributed by atoms with E-state index >= 15 is 0 Å². The van der Waals surface area contributed by atoms with Gasteiger partial charge in [-0.15, -0.1) is 11.3 Å². The number of ether oxygens (including phenoxy) is 2. The van der Waals surface area contributed by atoms with E-state index in [4.69, 9.17) is 14.5 Å². The molecule has 4 aromatic rings. The van der Waals surface area contributed by atoms with Crippen LogP contribution in [0, 0.1) is 6.92 Å². The average molecular weight is 461 g/mol. The SMILES string of the molecule is CCc1cc(C)cc(OCCOc2ccc(-c3nc4sc5c(c4c(=O)[nH]3)CCCC5)cc2)c1. The minimum absolute atomic E-state index is 0.0331. The van der Waals surface area contributed by atoms with Crippen molar-refractivity contribution in [2.75, 3.05) is 13.2 Å². The smallest absolute Gasteiger partial charge is 0.260 e. The molecule has 1 aliphatic rings. The minimum atomic E-state index is -0.0331. The molecule has 2 heterocycles. The van der Waals surface area contributed by atoms with Crippen LogP contribution in [0.2, 0.25) is 0 Å². The molecule has 6 heteroatoms. The van der Waals surface area contributed by atoms with Crippen molar-refractivity contribution in [3.63, 3.8) is 0 Å². The summed E-state index contributed by atoms with van der Waals surface area (Å²) in [5, 5.41) is 0.790. The summed E-state index contributed by atoms with van der Waals surface area (Å²) in [6.45, 7) is 5.15. The summed E-state index contributed by atoms with van der Waals surface area (Å²) in [6, 6.07) is 14.0. The lowest BCUT2D eigenvalue weighted by Crippen LogP contribution is -2.11. The van der Waals surface area contributed by atoms with E-state index in [9.17, 15) is 4.79 Å². The van der Waals surface area contributed by atoms with E-state index in [1.165, 1.54) is 28.0 Å². The lowest BCUT2D eigenvalue weighted by Gasteiger charge is -2.11. The van der Waals surface area contributed by atoms with Gasteiger partial charge >= 0.3 is 0 Å². The van der Waals surface area contributed by atoms with Gasteiger partial charge in [-0.05, 0) is 92.1 Å². The molecule has 1 N–H and O–H groups in total. The Morgan fingerprint density at radius 2 is 1.76 bits per heavy atom. The van der Waals surface area contributed by atoms with Gasteiger partial charge in [0.05, 0.1) is 5.39 Å². The first-order chi connectivity index (χ1) is 16.1. The van der Waals surface area contributed by atoms with E-state index in [1.807, 2.05) is 30.3 Å². The Morgan fingerprint density at radius 3 is 2.55 bits per heavy atom. The van der Waals surface area contributed by atoms with Gasteiger partial charge in [-0.25, -0.2) is 4.98 Å². The molecular weight excluding hydrogens is 432 g/mol. The zero-order valence-corrected chi connectivity index (χ0v) is 19.9. The number of fused-ring (bicyclic) bond motifs is 3. The van der Waals surface area contributed by atoms with Gasteiger partial charge in [0.1, 0.15) is 35.4 Å². The maximum atomic E-state index is 12.8. The van der Waals surface area contributed by atoms with Crippen molar-refractivity contribution in [2.45, 2.75) is 46.0 Å². The van der Waals surface area contributed by atoms with Crippen molar-refractivity contribution in [1.29, 1.82) is 0 Å². The Bertz CT molecular complexity index is 1340. The summed E-state index contributed by atoms with van der Waals surface area (Å²) >= 11 is 1.67. The number of hydrogen-bond acceptors (Lipinski definition) is 5. The standard InChI is InChI=1S/C27H28N2O3S/c1-3-18-14-17(2)15-21(16-18)32-13-12-31-20-10-8-19(9-11-20)25-28-26(30)24-22-6-4-5-7-23(22)33-27(24)29-25/h8-11,14-16H,3-7,12-13H2,1-2H3,(H,28,29,30). The second-order valence-corrected chi connectivity index (χ2v) is 9.62. The van der Waals surface area contributed by atoms with Crippen molar-refractivity contribution >= 4 is 21.6 Å². The summed E-state index contributed by atoms with van der Waals surface area (Å²) in [7, 11) is 0. The van der Waals surface area contributed by atoms with Crippen molar-refractivity contribution < 1.29 is 9.47 Å². The van der Waals surface area contributed by atoms with Crippen LogP contribution in [-0.2, 0) is 19.3 Å². The van der Waals surface area contributed by atoms with Gasteiger partial charge in [-0.3, -0.25) is 4.79 Å². The molecule has 0 unspecified atom stereocenters. The third-order valence-corrected chi connectivity index (χ3v) is 7.28. The van der Waals surface area contributed by atoms with Crippen molar-refractivity contribution in [3.8, 4) is 22.9 Å². The van der Waals surface area contributed by atoms with E-state index < -0.39 is 0 Å². The Hall–Kier alpha value is -3.12. The maximum Gasteiger partial charge on any atom is 0.260 e. The molecule has 0 spiro atoms. The highest BCUT2D eigenvalue weighted by Crippen LogP contribution is 2.34. The van der Waals surface area contributed by atoms with E-state index in [1.54, 1.807) is 11.3 Å². The van der Waals surface area contributed by atoms with Gasteiger partial charge in [0, 0.05) is 10.4 Å². The summed E-state index contributed by atoms with van der Waals surface area (Å²) in [6.07, 6.45) is 5.38. The Morgan fingerprint density at radius 1 is 1.00 bits per heavy atom. The lowest BCUT2D eigenvalue weighted by atomic mass is 9.97. The van der Waals surface area contributed by atoms with Crippen LogP contribution < -0.4 is 15.0 Å². The van der Waals surface area contributed by atoms with Crippen LogP contribution in [-0.4, -0.2) is 23.2 Å². The number of nitrogens with zero attached hydrogens (tertiary/aromatic N) is 1. The average Bonchev–Trinajstić information content (AvgIpc) is 3.21. The highest BCUT2D eigenvalue weighted by atomic mass is 32.1. The lowest BCUT2D eigenvalue weighted by molar-refractivity contribution is 0.217. The summed E-state index contributed by atoms with van der Waals surface area (Å²) < 4.78 is 11.7. The van der Waals surface area contributed by atoms with Crippen LogP contribution in [0.4, 0.5) is 0 Å². The first-order valence-electron chi connectivity index (χ1n) is 11.6. The molecule has 0 atom stereocenters. The van der Waals surface area contributed by atoms with E-state index in [-0.39, 0.29) is 5.56 Å². The Kier molecular flexibility index (Phi) is 6.18. The number of aryl methyl sites for hydroxylation is 4. The number of H-pyrrole nitrogens is 1. The van der Waals surface area contributed by atoms with Crippen molar-refractivity contribution in [1.82, 2.24) is 9.97 Å². The van der Waals surface area contributed by atoms with Crippen LogP contribution in [0.15, 0.2) is 47.3 Å². The number of hydrogen-bond donors (Lipinski definition) is 1. The molecule has 0 bridgehead atoms. The number of aromatic amines is 1. The molecule has 33 heavy (non-hydrogen) atoms. The van der Waals surface area contributed by atoms with Crippen LogP contribution in [0.3, 0.4) is 0 Å². The van der Waals surface area contributed by atoms with Crippen molar-refractivity contribution in [2.24, 2.45) is 0 Å². The largest absolute Gasteiger partial charge is 0.490 e. The first-order valence-corrected chi connectivity index (χ1v) is 12.4.